The highest BCUT2D eigenvalue weighted by Crippen LogP contribution is 2.26. The average Bonchev–Trinajstić information content (AvgIpc) is 3.10. The lowest BCUT2D eigenvalue weighted by Crippen LogP contribution is -2.39. The number of anilines is 1. The third-order valence-corrected chi connectivity index (χ3v) is 4.98. The van der Waals surface area contributed by atoms with Crippen LogP contribution in [0.15, 0.2) is 36.7 Å². The molecule has 2 aromatic rings. The predicted octanol–water partition coefficient (Wildman–Crippen LogP) is 1.83. The second-order valence-corrected chi connectivity index (χ2v) is 6.77. The number of para-hydroxylation sites is 1. The molecule has 4 rings (SSSR count). The maximum atomic E-state index is 5.97. The smallest absolute Gasteiger partial charge is 0.0982 e. The normalized spacial score (nSPS) is 22.3. The molecule has 6 heteroatoms. The van der Waals surface area contributed by atoms with Gasteiger partial charge in [0.1, 0.15) is 0 Å². The van der Waals surface area contributed by atoms with Crippen LogP contribution < -0.4 is 4.90 Å². The molecule has 134 valence electrons. The zero-order valence-corrected chi connectivity index (χ0v) is 14.8. The summed E-state index contributed by atoms with van der Waals surface area (Å²) in [6.45, 7) is 7.16. The highest BCUT2D eigenvalue weighted by atomic mass is 16.5. The highest BCUT2D eigenvalue weighted by Gasteiger charge is 2.24. The molecule has 2 fully saturated rings. The minimum Gasteiger partial charge on any atom is -0.378 e. The van der Waals surface area contributed by atoms with Gasteiger partial charge in [0.15, 0.2) is 0 Å². The molecule has 6 nitrogen and oxygen atoms in total. The van der Waals surface area contributed by atoms with Crippen LogP contribution in [0, 0.1) is 0 Å². The Bertz CT molecular complexity index is 696. The van der Waals surface area contributed by atoms with Crippen LogP contribution in [-0.2, 0) is 23.1 Å². The fourth-order valence-electron chi connectivity index (χ4n) is 3.65. The molecule has 2 aliphatic heterocycles. The molecule has 1 aromatic carbocycles. The second kappa shape index (κ2) is 7.56. The third-order valence-electron chi connectivity index (χ3n) is 4.98. The Kier molecular flexibility index (Phi) is 5.01. The average molecular weight is 342 g/mol. The lowest BCUT2D eigenvalue weighted by atomic mass is 10.1. The van der Waals surface area contributed by atoms with Crippen LogP contribution in [-0.4, -0.2) is 60.7 Å². The molecule has 0 amide bonds. The van der Waals surface area contributed by atoms with Gasteiger partial charge in [0, 0.05) is 57.2 Å². The number of nitrogens with zero attached hydrogens (tertiary/aromatic N) is 4. The summed E-state index contributed by atoms with van der Waals surface area (Å²) >= 11 is 0. The maximum absolute atomic E-state index is 5.97. The first-order chi connectivity index (χ1) is 12.3. The fourth-order valence-corrected chi connectivity index (χ4v) is 3.65. The topological polar surface area (TPSA) is 42.8 Å². The summed E-state index contributed by atoms with van der Waals surface area (Å²) in [7, 11) is 1.95. The molecular formula is C19H26N4O2. The van der Waals surface area contributed by atoms with Crippen LogP contribution in [0.1, 0.15) is 17.2 Å². The fraction of sp³-hybridized carbons (Fsp3) is 0.526. The Morgan fingerprint density at radius 3 is 2.76 bits per heavy atom. The molecule has 2 aliphatic rings. The van der Waals surface area contributed by atoms with Crippen LogP contribution in [0.2, 0.25) is 0 Å². The van der Waals surface area contributed by atoms with E-state index in [2.05, 4.69) is 45.4 Å². The van der Waals surface area contributed by atoms with Gasteiger partial charge in [-0.3, -0.25) is 9.58 Å². The summed E-state index contributed by atoms with van der Waals surface area (Å²) in [5, 5.41) is 4.28. The molecule has 2 saturated heterocycles. The molecule has 0 saturated carbocycles. The third kappa shape index (κ3) is 3.86. The second-order valence-electron chi connectivity index (χ2n) is 6.77. The largest absolute Gasteiger partial charge is 0.378 e. The van der Waals surface area contributed by atoms with Gasteiger partial charge in [0.2, 0.25) is 0 Å². The first kappa shape index (κ1) is 16.6. The van der Waals surface area contributed by atoms with E-state index in [1.54, 1.807) is 0 Å². The van der Waals surface area contributed by atoms with E-state index in [0.29, 0.717) is 0 Å². The van der Waals surface area contributed by atoms with Gasteiger partial charge in [-0.1, -0.05) is 18.2 Å². The van der Waals surface area contributed by atoms with E-state index >= 15 is 0 Å². The Labute approximate surface area is 148 Å². The SMILES string of the molecule is Cn1cc(C2CN(Cc3ccccc3N3CCOCC3)CCO2)cn1. The molecule has 0 aliphatic carbocycles. The molecule has 3 heterocycles. The molecule has 0 bridgehead atoms. The van der Waals surface area contributed by atoms with Crippen LogP contribution in [0.25, 0.3) is 0 Å². The Balaban J connectivity index is 1.46. The molecule has 0 radical (unpaired) electrons. The zero-order chi connectivity index (χ0) is 17.1. The summed E-state index contributed by atoms with van der Waals surface area (Å²) in [5.74, 6) is 0. The van der Waals surface area contributed by atoms with Crippen molar-refractivity contribution in [2.45, 2.75) is 12.6 Å². The van der Waals surface area contributed by atoms with Crippen molar-refractivity contribution in [1.82, 2.24) is 14.7 Å². The molecule has 1 aromatic heterocycles. The minimum atomic E-state index is 0.109. The zero-order valence-electron chi connectivity index (χ0n) is 14.8. The highest BCUT2D eigenvalue weighted by molar-refractivity contribution is 5.54. The predicted molar refractivity (Wildman–Crippen MR) is 96.7 cm³/mol. The van der Waals surface area contributed by atoms with Crippen molar-refractivity contribution in [2.24, 2.45) is 7.05 Å². The number of morpholine rings is 2. The molecule has 0 N–H and O–H groups in total. The molecule has 25 heavy (non-hydrogen) atoms. The van der Waals surface area contributed by atoms with E-state index in [-0.39, 0.29) is 6.10 Å². The number of benzene rings is 1. The van der Waals surface area contributed by atoms with Crippen molar-refractivity contribution in [3.8, 4) is 0 Å². The summed E-state index contributed by atoms with van der Waals surface area (Å²) in [6.07, 6.45) is 4.07. The van der Waals surface area contributed by atoms with E-state index in [1.165, 1.54) is 11.3 Å². The van der Waals surface area contributed by atoms with E-state index in [4.69, 9.17) is 9.47 Å². The maximum Gasteiger partial charge on any atom is 0.0982 e. The van der Waals surface area contributed by atoms with Crippen molar-refractivity contribution in [3.05, 3.63) is 47.8 Å². The van der Waals surface area contributed by atoms with Crippen molar-refractivity contribution in [1.29, 1.82) is 0 Å². The van der Waals surface area contributed by atoms with Gasteiger partial charge in [0.05, 0.1) is 32.1 Å². The standard InChI is InChI=1S/C19H26N4O2/c1-21-13-17(12-20-21)19-15-22(6-11-25-19)14-16-4-2-3-5-18(16)23-7-9-24-10-8-23/h2-5,12-13,19H,6-11,14-15H2,1H3. The molecule has 0 spiro atoms. The van der Waals surface area contributed by atoms with E-state index in [0.717, 1.165) is 58.1 Å². The summed E-state index contributed by atoms with van der Waals surface area (Å²) < 4.78 is 13.3. The summed E-state index contributed by atoms with van der Waals surface area (Å²) in [5.41, 5.74) is 3.89. The minimum absolute atomic E-state index is 0.109. The van der Waals surface area contributed by atoms with Gasteiger partial charge in [-0.05, 0) is 11.6 Å². The van der Waals surface area contributed by atoms with Crippen molar-refractivity contribution >= 4 is 5.69 Å². The molecule has 1 atom stereocenters. The number of ether oxygens (including phenoxy) is 2. The number of hydrogen-bond acceptors (Lipinski definition) is 5. The first-order valence-electron chi connectivity index (χ1n) is 9.03. The van der Waals surface area contributed by atoms with Gasteiger partial charge in [-0.25, -0.2) is 0 Å². The Hall–Kier alpha value is -1.89. The first-order valence-corrected chi connectivity index (χ1v) is 9.03. The van der Waals surface area contributed by atoms with Crippen LogP contribution >= 0.6 is 0 Å². The van der Waals surface area contributed by atoms with Gasteiger partial charge in [0.25, 0.3) is 0 Å². The van der Waals surface area contributed by atoms with Crippen LogP contribution in [0.5, 0.6) is 0 Å². The van der Waals surface area contributed by atoms with Gasteiger partial charge >= 0.3 is 0 Å². The van der Waals surface area contributed by atoms with Gasteiger partial charge in [-0.15, -0.1) is 0 Å². The van der Waals surface area contributed by atoms with Crippen LogP contribution in [0.3, 0.4) is 0 Å². The van der Waals surface area contributed by atoms with Gasteiger partial charge < -0.3 is 14.4 Å². The van der Waals surface area contributed by atoms with Crippen molar-refractivity contribution in [3.63, 3.8) is 0 Å². The van der Waals surface area contributed by atoms with Gasteiger partial charge in [-0.2, -0.15) is 5.10 Å². The number of aryl methyl sites for hydroxylation is 1. The molecule has 1 unspecified atom stereocenters. The lowest BCUT2D eigenvalue weighted by Gasteiger charge is -2.35. The molecular weight excluding hydrogens is 316 g/mol. The Morgan fingerprint density at radius 2 is 1.96 bits per heavy atom. The monoisotopic (exact) mass is 342 g/mol. The van der Waals surface area contributed by atoms with Crippen LogP contribution in [0.4, 0.5) is 5.69 Å². The lowest BCUT2D eigenvalue weighted by molar-refractivity contribution is -0.0329. The van der Waals surface area contributed by atoms with Crippen molar-refractivity contribution < 1.29 is 9.47 Å². The number of hydrogen-bond donors (Lipinski definition) is 0. The number of aromatic nitrogens is 2. The van der Waals surface area contributed by atoms with E-state index < -0.39 is 0 Å². The Morgan fingerprint density at radius 1 is 1.12 bits per heavy atom. The summed E-state index contributed by atoms with van der Waals surface area (Å²) in [6, 6.07) is 8.75. The van der Waals surface area contributed by atoms with E-state index in [1.807, 2.05) is 17.9 Å². The quantitative estimate of drug-likeness (QED) is 0.848. The van der Waals surface area contributed by atoms with E-state index in [9.17, 15) is 0 Å². The van der Waals surface area contributed by atoms with Crippen molar-refractivity contribution in [2.75, 3.05) is 50.9 Å². The number of rotatable bonds is 4. The summed E-state index contributed by atoms with van der Waals surface area (Å²) in [4.78, 5) is 4.93.